The summed E-state index contributed by atoms with van der Waals surface area (Å²) < 4.78 is 0. The molecule has 0 bridgehead atoms. The first-order valence-electron chi connectivity index (χ1n) is 6.98. The molecule has 0 aliphatic rings. The van der Waals surface area contributed by atoms with Crippen molar-refractivity contribution < 1.29 is 4.79 Å². The average Bonchev–Trinajstić information content (AvgIpc) is 2.29. The van der Waals surface area contributed by atoms with E-state index in [0.29, 0.717) is 11.4 Å². The van der Waals surface area contributed by atoms with Gasteiger partial charge in [-0.25, -0.2) is 4.99 Å². The summed E-state index contributed by atoms with van der Waals surface area (Å²) in [6.45, 7) is 10.6. The molecule has 0 atom stereocenters. The Bertz CT molecular complexity index is 292. The highest BCUT2D eigenvalue weighted by Gasteiger charge is 2.09. The fourth-order valence-corrected chi connectivity index (χ4v) is 1.46. The lowest BCUT2D eigenvalue weighted by atomic mass is 9.91. The summed E-state index contributed by atoms with van der Waals surface area (Å²) in [5.41, 5.74) is 0.359. The van der Waals surface area contributed by atoms with Crippen molar-refractivity contribution in [2.24, 2.45) is 10.4 Å². The number of aliphatic imine (C=N–C) groups is 1. The maximum Gasteiger partial charge on any atom is 0.243 e. The first-order valence-corrected chi connectivity index (χ1v) is 6.98. The molecule has 0 aromatic heterocycles. The number of likely N-dealkylation sites (N-methyl/N-ethyl adjacent to an activating group) is 1. The predicted octanol–water partition coefficient (Wildman–Crippen LogP) is 1.46. The molecular weight excluding hydrogens is 240 g/mol. The van der Waals surface area contributed by atoms with Gasteiger partial charge >= 0.3 is 0 Å². The van der Waals surface area contributed by atoms with Crippen molar-refractivity contribution in [2.45, 2.75) is 40.5 Å². The van der Waals surface area contributed by atoms with Crippen LogP contribution in [0.2, 0.25) is 0 Å². The summed E-state index contributed by atoms with van der Waals surface area (Å²) in [4.78, 5) is 17.3. The van der Waals surface area contributed by atoms with Crippen LogP contribution in [0.3, 0.4) is 0 Å². The standard InChI is InChI=1S/C14H30N4O/c1-7-15-13(17-11-12(19)18(5)6)16-10-8-9-14(2,3)4/h7-11H2,1-6H3,(H2,15,16,17). The third kappa shape index (κ3) is 10.4. The van der Waals surface area contributed by atoms with Gasteiger partial charge in [-0.15, -0.1) is 0 Å². The number of amides is 1. The van der Waals surface area contributed by atoms with Crippen LogP contribution >= 0.6 is 0 Å². The fourth-order valence-electron chi connectivity index (χ4n) is 1.46. The van der Waals surface area contributed by atoms with Crippen molar-refractivity contribution in [1.82, 2.24) is 15.5 Å². The molecule has 0 spiro atoms. The molecule has 0 aromatic rings. The minimum atomic E-state index is 0.00638. The van der Waals surface area contributed by atoms with E-state index in [-0.39, 0.29) is 12.5 Å². The number of rotatable bonds is 6. The van der Waals surface area contributed by atoms with Crippen LogP contribution in [0, 0.1) is 5.41 Å². The molecule has 0 fully saturated rings. The molecule has 0 unspecified atom stereocenters. The van der Waals surface area contributed by atoms with Gasteiger partial charge in [0, 0.05) is 27.2 Å². The van der Waals surface area contributed by atoms with Crippen molar-refractivity contribution in [2.75, 3.05) is 33.7 Å². The number of hydrogen-bond acceptors (Lipinski definition) is 2. The molecule has 0 aliphatic heterocycles. The van der Waals surface area contributed by atoms with E-state index in [1.807, 2.05) is 6.92 Å². The van der Waals surface area contributed by atoms with Gasteiger partial charge in [0.1, 0.15) is 6.54 Å². The molecule has 112 valence electrons. The van der Waals surface area contributed by atoms with E-state index in [1.54, 1.807) is 19.0 Å². The van der Waals surface area contributed by atoms with E-state index in [4.69, 9.17) is 0 Å². The van der Waals surface area contributed by atoms with Gasteiger partial charge in [0.05, 0.1) is 0 Å². The van der Waals surface area contributed by atoms with Crippen molar-refractivity contribution in [3.8, 4) is 0 Å². The second-order valence-electron chi connectivity index (χ2n) is 6.07. The quantitative estimate of drug-likeness (QED) is 0.436. The molecule has 19 heavy (non-hydrogen) atoms. The van der Waals surface area contributed by atoms with Crippen molar-refractivity contribution in [3.63, 3.8) is 0 Å². The number of guanidine groups is 1. The first-order chi connectivity index (χ1) is 8.76. The summed E-state index contributed by atoms with van der Waals surface area (Å²) in [7, 11) is 3.48. The van der Waals surface area contributed by atoms with Gasteiger partial charge < -0.3 is 15.5 Å². The van der Waals surface area contributed by atoms with Gasteiger partial charge in [0.15, 0.2) is 5.96 Å². The number of nitrogens with one attached hydrogen (secondary N) is 2. The highest BCUT2D eigenvalue weighted by molar-refractivity contribution is 5.84. The second-order valence-corrected chi connectivity index (χ2v) is 6.07. The highest BCUT2D eigenvalue weighted by Crippen LogP contribution is 2.19. The van der Waals surface area contributed by atoms with E-state index in [2.05, 4.69) is 36.4 Å². The molecule has 1 amide bonds. The highest BCUT2D eigenvalue weighted by atomic mass is 16.2. The minimum Gasteiger partial charge on any atom is -0.357 e. The molecule has 5 nitrogen and oxygen atoms in total. The topological polar surface area (TPSA) is 56.7 Å². The normalized spacial score (nSPS) is 12.2. The summed E-state index contributed by atoms with van der Waals surface area (Å²) in [5, 5.41) is 6.40. The van der Waals surface area contributed by atoms with Crippen LogP contribution in [0.4, 0.5) is 0 Å². The van der Waals surface area contributed by atoms with Gasteiger partial charge in [-0.3, -0.25) is 4.79 Å². The molecule has 0 aliphatic carbocycles. The lowest BCUT2D eigenvalue weighted by molar-refractivity contribution is -0.127. The van der Waals surface area contributed by atoms with Crippen molar-refractivity contribution in [1.29, 1.82) is 0 Å². The van der Waals surface area contributed by atoms with Crippen LogP contribution < -0.4 is 10.6 Å². The Kier molecular flexibility index (Phi) is 8.19. The Labute approximate surface area is 117 Å². The summed E-state index contributed by atoms with van der Waals surface area (Å²) >= 11 is 0. The van der Waals surface area contributed by atoms with Gasteiger partial charge in [0.25, 0.3) is 0 Å². The summed E-state index contributed by atoms with van der Waals surface area (Å²) in [5.74, 6) is 0.721. The van der Waals surface area contributed by atoms with Crippen LogP contribution in [0.1, 0.15) is 40.5 Å². The number of carbonyl (C=O) groups excluding carboxylic acids is 1. The molecule has 0 radical (unpaired) electrons. The maximum atomic E-state index is 11.5. The smallest absolute Gasteiger partial charge is 0.243 e. The van der Waals surface area contributed by atoms with Crippen molar-refractivity contribution in [3.05, 3.63) is 0 Å². The fraction of sp³-hybridized carbons (Fsp3) is 0.857. The number of carbonyl (C=O) groups is 1. The molecule has 0 aromatic carbocycles. The molecule has 2 N–H and O–H groups in total. The second kappa shape index (κ2) is 8.77. The number of hydrogen-bond donors (Lipinski definition) is 2. The van der Waals surface area contributed by atoms with Crippen LogP contribution in [-0.2, 0) is 4.79 Å². The lowest BCUT2D eigenvalue weighted by Crippen LogP contribution is -2.39. The first kappa shape index (κ1) is 17.7. The largest absolute Gasteiger partial charge is 0.357 e. The monoisotopic (exact) mass is 270 g/mol. The molecular formula is C14H30N4O. The van der Waals surface area contributed by atoms with E-state index in [1.165, 1.54) is 0 Å². The molecule has 0 rings (SSSR count). The Morgan fingerprint density at radius 2 is 1.84 bits per heavy atom. The SMILES string of the molecule is CCNC(=NCC(=O)N(C)C)NCCCC(C)(C)C. The van der Waals surface area contributed by atoms with Crippen molar-refractivity contribution >= 4 is 11.9 Å². The van der Waals surface area contributed by atoms with Crippen LogP contribution in [-0.4, -0.2) is 50.5 Å². The third-order valence-corrected chi connectivity index (χ3v) is 2.61. The van der Waals surface area contributed by atoms with Crippen LogP contribution in [0.25, 0.3) is 0 Å². The van der Waals surface area contributed by atoms with E-state index in [9.17, 15) is 4.79 Å². The summed E-state index contributed by atoms with van der Waals surface area (Å²) in [6, 6.07) is 0. The predicted molar refractivity (Wildman–Crippen MR) is 81.4 cm³/mol. The third-order valence-electron chi connectivity index (χ3n) is 2.61. The molecule has 5 heteroatoms. The zero-order valence-electron chi connectivity index (χ0n) is 13.3. The van der Waals surface area contributed by atoms with E-state index < -0.39 is 0 Å². The van der Waals surface area contributed by atoms with Gasteiger partial charge in [-0.1, -0.05) is 20.8 Å². The van der Waals surface area contributed by atoms with E-state index in [0.717, 1.165) is 25.9 Å². The maximum absolute atomic E-state index is 11.5. The average molecular weight is 270 g/mol. The number of nitrogens with zero attached hydrogens (tertiary/aromatic N) is 2. The summed E-state index contributed by atoms with van der Waals surface area (Å²) in [6.07, 6.45) is 2.26. The van der Waals surface area contributed by atoms with E-state index >= 15 is 0 Å². The Morgan fingerprint density at radius 1 is 1.21 bits per heavy atom. The zero-order chi connectivity index (χ0) is 14.9. The van der Waals surface area contributed by atoms with Gasteiger partial charge in [-0.2, -0.15) is 0 Å². The minimum absolute atomic E-state index is 0.00638. The Morgan fingerprint density at radius 3 is 2.32 bits per heavy atom. The van der Waals surface area contributed by atoms with Crippen LogP contribution in [0.5, 0.6) is 0 Å². The molecule has 0 saturated carbocycles. The van der Waals surface area contributed by atoms with Gasteiger partial charge in [0.2, 0.25) is 5.91 Å². The molecule has 0 saturated heterocycles. The molecule has 0 heterocycles. The van der Waals surface area contributed by atoms with Crippen LogP contribution in [0.15, 0.2) is 4.99 Å². The zero-order valence-corrected chi connectivity index (χ0v) is 13.3. The Balaban J connectivity index is 4.11. The lowest BCUT2D eigenvalue weighted by Gasteiger charge is -2.18. The Hall–Kier alpha value is -1.26. The van der Waals surface area contributed by atoms with Gasteiger partial charge in [-0.05, 0) is 25.2 Å².